The number of esters is 1. The van der Waals surface area contributed by atoms with Gasteiger partial charge in [-0.05, 0) is 44.6 Å². The maximum Gasteiger partial charge on any atom is 0.552 e. The number of methoxy groups -OCH3 is 1. The topological polar surface area (TPSA) is 123 Å². The van der Waals surface area contributed by atoms with E-state index in [-0.39, 0.29) is 23.0 Å². The molecule has 0 aliphatic carbocycles. The number of nitrogens with one attached hydrogen (secondary N) is 2. The van der Waals surface area contributed by atoms with Crippen LogP contribution < -0.4 is 10.6 Å². The van der Waals surface area contributed by atoms with Crippen LogP contribution in [0.25, 0.3) is 0 Å². The molecule has 1 aromatic rings. The first-order valence-electron chi connectivity index (χ1n) is 10.6. The summed E-state index contributed by atoms with van der Waals surface area (Å²) >= 11 is 11.9. The van der Waals surface area contributed by atoms with Crippen molar-refractivity contribution in [3.05, 3.63) is 33.8 Å². The SMILES string of the molecule is COC(=O)[C@@H]1OB([C@H](CC(C)C)NC(=O)CNC(=O)c2cc(Cl)ccc2Cl)OC(=O)[C@H]1N(C)C. The number of hydrogen-bond acceptors (Lipinski definition) is 8. The standard InChI is InChI=1S/C21H28BCl2N3O7/c1-11(2)8-15(22-33-18(21(31)32-5)17(27(3)4)20(30)34-22)26-16(28)10-25-19(29)13-9-12(23)6-7-14(13)24/h6-7,9,11,15,17-18H,8,10H2,1-5H3,(H,25,29)(H,26,28)/t15-,17-,18+/m0/s1. The Bertz CT molecular complexity index is 932. The van der Waals surface area contributed by atoms with Gasteiger partial charge in [-0.15, -0.1) is 0 Å². The van der Waals surface area contributed by atoms with Crippen molar-refractivity contribution in [2.24, 2.45) is 5.92 Å². The molecule has 0 bridgehead atoms. The number of carbonyl (C=O) groups is 4. The number of ether oxygens (including phenoxy) is 1. The molecule has 0 saturated carbocycles. The van der Waals surface area contributed by atoms with Crippen LogP contribution in [0.2, 0.25) is 10.0 Å². The van der Waals surface area contributed by atoms with Gasteiger partial charge in [-0.3, -0.25) is 19.3 Å². The number of carbonyl (C=O) groups excluding carboxylic acids is 4. The number of likely N-dealkylation sites (N-methyl/N-ethyl adjacent to an activating group) is 1. The van der Waals surface area contributed by atoms with E-state index in [0.29, 0.717) is 11.4 Å². The van der Waals surface area contributed by atoms with Crippen molar-refractivity contribution in [3.63, 3.8) is 0 Å². The van der Waals surface area contributed by atoms with Crippen molar-refractivity contribution < 1.29 is 33.2 Å². The lowest BCUT2D eigenvalue weighted by Gasteiger charge is -2.38. The van der Waals surface area contributed by atoms with Crippen LogP contribution in [0.1, 0.15) is 30.6 Å². The lowest BCUT2D eigenvalue weighted by atomic mass is 9.72. The van der Waals surface area contributed by atoms with Gasteiger partial charge in [-0.1, -0.05) is 37.0 Å². The minimum atomic E-state index is -1.23. The Hall–Kier alpha value is -2.34. The van der Waals surface area contributed by atoms with E-state index in [2.05, 4.69) is 10.6 Å². The first-order chi connectivity index (χ1) is 15.9. The quantitative estimate of drug-likeness (QED) is 0.373. The third-order valence-corrected chi connectivity index (χ3v) is 5.58. The molecular weight excluding hydrogens is 488 g/mol. The summed E-state index contributed by atoms with van der Waals surface area (Å²) < 4.78 is 16.0. The fraction of sp³-hybridized carbons (Fsp3) is 0.524. The second-order valence-corrected chi connectivity index (χ2v) is 9.25. The minimum Gasteiger partial charge on any atom is -0.507 e. The van der Waals surface area contributed by atoms with Crippen molar-refractivity contribution in [3.8, 4) is 0 Å². The zero-order valence-corrected chi connectivity index (χ0v) is 21.1. The highest BCUT2D eigenvalue weighted by Crippen LogP contribution is 2.22. The number of benzene rings is 1. The van der Waals surface area contributed by atoms with Gasteiger partial charge >= 0.3 is 19.1 Å². The Labute approximate surface area is 208 Å². The minimum absolute atomic E-state index is 0.0793. The molecule has 3 atom stereocenters. The van der Waals surface area contributed by atoms with Crippen LogP contribution in [0.5, 0.6) is 0 Å². The molecule has 0 unspecified atom stereocenters. The average molecular weight is 516 g/mol. The Balaban J connectivity index is 2.10. The fourth-order valence-electron chi connectivity index (χ4n) is 3.44. The lowest BCUT2D eigenvalue weighted by Crippen LogP contribution is -2.64. The van der Waals surface area contributed by atoms with Gasteiger partial charge in [-0.2, -0.15) is 0 Å². The number of rotatable bonds is 9. The van der Waals surface area contributed by atoms with Crippen molar-refractivity contribution in [2.45, 2.75) is 38.4 Å². The molecular formula is C21H28BCl2N3O7. The number of hydrogen-bond donors (Lipinski definition) is 2. The van der Waals surface area contributed by atoms with E-state index in [9.17, 15) is 19.2 Å². The highest BCUT2D eigenvalue weighted by atomic mass is 35.5. The van der Waals surface area contributed by atoms with Crippen molar-refractivity contribution in [2.75, 3.05) is 27.7 Å². The van der Waals surface area contributed by atoms with E-state index in [1.807, 2.05) is 13.8 Å². The predicted molar refractivity (Wildman–Crippen MR) is 126 cm³/mol. The second kappa shape index (κ2) is 12.4. The molecule has 0 spiro atoms. The van der Waals surface area contributed by atoms with Gasteiger partial charge in [0.25, 0.3) is 5.91 Å². The molecule has 2 N–H and O–H groups in total. The normalized spacial score (nSPS) is 19.0. The molecule has 1 aromatic carbocycles. The molecule has 1 heterocycles. The first-order valence-corrected chi connectivity index (χ1v) is 11.3. The van der Waals surface area contributed by atoms with Crippen LogP contribution in [-0.4, -0.2) is 81.6 Å². The maximum absolute atomic E-state index is 12.6. The summed E-state index contributed by atoms with van der Waals surface area (Å²) in [4.78, 5) is 51.4. The van der Waals surface area contributed by atoms with E-state index in [1.165, 1.54) is 30.2 Å². The van der Waals surface area contributed by atoms with Gasteiger partial charge in [0, 0.05) is 5.02 Å². The Morgan fingerprint density at radius 3 is 2.50 bits per heavy atom. The molecule has 186 valence electrons. The molecule has 2 amide bonds. The fourth-order valence-corrected chi connectivity index (χ4v) is 3.82. The molecule has 1 aliphatic rings. The van der Waals surface area contributed by atoms with Crippen molar-refractivity contribution in [1.29, 1.82) is 0 Å². The summed E-state index contributed by atoms with van der Waals surface area (Å²) in [5.41, 5.74) is 0.126. The van der Waals surface area contributed by atoms with Crippen molar-refractivity contribution in [1.82, 2.24) is 15.5 Å². The summed E-state index contributed by atoms with van der Waals surface area (Å²) in [6.07, 6.45) is -0.861. The van der Waals surface area contributed by atoms with Crippen LogP contribution in [0.3, 0.4) is 0 Å². The van der Waals surface area contributed by atoms with Crippen LogP contribution in [0.15, 0.2) is 18.2 Å². The van der Waals surface area contributed by atoms with Gasteiger partial charge in [-0.25, -0.2) is 4.79 Å². The van der Waals surface area contributed by atoms with Crippen LogP contribution in [0, 0.1) is 5.92 Å². The molecule has 2 rings (SSSR count). The summed E-state index contributed by atoms with van der Waals surface area (Å²) in [5.74, 6) is -3.25. The van der Waals surface area contributed by atoms with Gasteiger partial charge in [0.05, 0.1) is 30.2 Å². The highest BCUT2D eigenvalue weighted by molar-refractivity contribution is 6.50. The number of amides is 2. The Morgan fingerprint density at radius 2 is 1.91 bits per heavy atom. The third-order valence-electron chi connectivity index (χ3n) is 5.01. The Kier molecular flexibility index (Phi) is 10.2. The summed E-state index contributed by atoms with van der Waals surface area (Å²) in [6, 6.07) is 3.41. The zero-order chi connectivity index (χ0) is 25.6. The predicted octanol–water partition coefficient (Wildman–Crippen LogP) is 1.33. The van der Waals surface area contributed by atoms with Gasteiger partial charge in [0.15, 0.2) is 6.10 Å². The summed E-state index contributed by atoms with van der Waals surface area (Å²) in [6.45, 7) is 3.44. The molecule has 1 saturated heterocycles. The van der Waals surface area contributed by atoms with Gasteiger partial charge in [0.2, 0.25) is 5.91 Å². The largest absolute Gasteiger partial charge is 0.552 e. The third kappa shape index (κ3) is 7.33. The van der Waals surface area contributed by atoms with E-state index in [1.54, 1.807) is 14.1 Å². The van der Waals surface area contributed by atoms with Crippen molar-refractivity contribution >= 4 is 54.1 Å². The van der Waals surface area contributed by atoms with E-state index in [4.69, 9.17) is 37.2 Å². The lowest BCUT2D eigenvalue weighted by molar-refractivity contribution is -0.167. The van der Waals surface area contributed by atoms with Crippen LogP contribution >= 0.6 is 23.2 Å². The molecule has 0 radical (unpaired) electrons. The zero-order valence-electron chi connectivity index (χ0n) is 19.6. The monoisotopic (exact) mass is 515 g/mol. The summed E-state index contributed by atoms with van der Waals surface area (Å²) in [5, 5.41) is 5.69. The Morgan fingerprint density at radius 1 is 1.24 bits per heavy atom. The van der Waals surface area contributed by atoms with Gasteiger partial charge < -0.3 is 24.7 Å². The van der Waals surface area contributed by atoms with Crippen LogP contribution in [-0.2, 0) is 28.4 Å². The van der Waals surface area contributed by atoms with Crippen LogP contribution in [0.4, 0.5) is 0 Å². The van der Waals surface area contributed by atoms with Gasteiger partial charge in [0.1, 0.15) is 6.04 Å². The maximum atomic E-state index is 12.6. The first kappa shape index (κ1) is 27.9. The second-order valence-electron chi connectivity index (χ2n) is 8.40. The smallest absolute Gasteiger partial charge is 0.507 e. The molecule has 1 aliphatic heterocycles. The van der Waals surface area contributed by atoms with E-state index < -0.39 is 49.0 Å². The average Bonchev–Trinajstić information content (AvgIpc) is 2.76. The summed E-state index contributed by atoms with van der Waals surface area (Å²) in [7, 11) is 3.18. The number of nitrogens with zero attached hydrogens (tertiary/aromatic N) is 1. The number of halogens is 2. The molecule has 1 fully saturated rings. The van der Waals surface area contributed by atoms with E-state index >= 15 is 0 Å². The molecule has 0 aromatic heterocycles. The molecule has 34 heavy (non-hydrogen) atoms. The molecule has 10 nitrogen and oxygen atoms in total. The highest BCUT2D eigenvalue weighted by Gasteiger charge is 2.51. The van der Waals surface area contributed by atoms with E-state index in [0.717, 1.165) is 0 Å². The molecule has 13 heteroatoms.